The van der Waals surface area contributed by atoms with Gasteiger partial charge in [0.15, 0.2) is 0 Å². The highest BCUT2D eigenvalue weighted by atomic mass is 16.5. The summed E-state index contributed by atoms with van der Waals surface area (Å²) >= 11 is 0. The van der Waals surface area contributed by atoms with Crippen LogP contribution in [0, 0.1) is 0 Å². The molecule has 5 heteroatoms. The maximum atomic E-state index is 12.8. The monoisotopic (exact) mass is 340 g/mol. The SMILES string of the molecule is CCNC(=O)CN(CC)C(=O)c1ccc(OC)c(-c2ccccc2)c1. The van der Waals surface area contributed by atoms with Crippen molar-refractivity contribution < 1.29 is 14.3 Å². The van der Waals surface area contributed by atoms with Gasteiger partial charge in [0, 0.05) is 24.2 Å². The van der Waals surface area contributed by atoms with E-state index in [2.05, 4.69) is 5.32 Å². The first-order chi connectivity index (χ1) is 12.1. The van der Waals surface area contributed by atoms with E-state index in [-0.39, 0.29) is 18.4 Å². The number of carbonyl (C=O) groups excluding carboxylic acids is 2. The quantitative estimate of drug-likeness (QED) is 0.843. The lowest BCUT2D eigenvalue weighted by molar-refractivity contribution is -0.121. The number of ether oxygens (including phenoxy) is 1. The maximum absolute atomic E-state index is 12.8. The van der Waals surface area contributed by atoms with E-state index >= 15 is 0 Å². The van der Waals surface area contributed by atoms with Gasteiger partial charge in [0.25, 0.3) is 5.91 Å². The van der Waals surface area contributed by atoms with Gasteiger partial charge in [-0.1, -0.05) is 30.3 Å². The summed E-state index contributed by atoms with van der Waals surface area (Å²) in [6, 6.07) is 15.1. The van der Waals surface area contributed by atoms with Crippen molar-refractivity contribution in [2.75, 3.05) is 26.7 Å². The molecule has 0 heterocycles. The number of methoxy groups -OCH3 is 1. The molecule has 132 valence electrons. The van der Waals surface area contributed by atoms with Crippen molar-refractivity contribution in [1.82, 2.24) is 10.2 Å². The molecule has 0 aliphatic heterocycles. The summed E-state index contributed by atoms with van der Waals surface area (Å²) in [5.41, 5.74) is 2.36. The Balaban J connectivity index is 2.32. The van der Waals surface area contributed by atoms with Crippen LogP contribution in [-0.2, 0) is 4.79 Å². The molecular formula is C20H24N2O3. The lowest BCUT2D eigenvalue weighted by Gasteiger charge is -2.21. The standard InChI is InChI=1S/C20H24N2O3/c1-4-21-19(23)14-22(5-2)20(24)16-11-12-18(25-3)17(13-16)15-9-7-6-8-10-15/h6-13H,4-5,14H2,1-3H3,(H,21,23). The molecule has 5 nitrogen and oxygen atoms in total. The van der Waals surface area contributed by atoms with Crippen LogP contribution in [0.25, 0.3) is 11.1 Å². The predicted octanol–water partition coefficient (Wildman–Crippen LogP) is 2.96. The second-order valence-corrected chi connectivity index (χ2v) is 5.55. The van der Waals surface area contributed by atoms with Crippen molar-refractivity contribution in [3.05, 3.63) is 54.1 Å². The van der Waals surface area contributed by atoms with Crippen LogP contribution in [0.15, 0.2) is 48.5 Å². The van der Waals surface area contributed by atoms with E-state index in [1.54, 1.807) is 19.2 Å². The summed E-state index contributed by atoms with van der Waals surface area (Å²) < 4.78 is 5.43. The van der Waals surface area contributed by atoms with Gasteiger partial charge < -0.3 is 15.0 Å². The second kappa shape index (κ2) is 8.87. The third-order valence-electron chi connectivity index (χ3n) is 3.91. The van der Waals surface area contributed by atoms with Crippen LogP contribution >= 0.6 is 0 Å². The molecule has 0 atom stereocenters. The van der Waals surface area contributed by atoms with Gasteiger partial charge >= 0.3 is 0 Å². The van der Waals surface area contributed by atoms with Gasteiger partial charge in [-0.15, -0.1) is 0 Å². The highest BCUT2D eigenvalue weighted by molar-refractivity contribution is 5.98. The zero-order valence-corrected chi connectivity index (χ0v) is 14.9. The zero-order chi connectivity index (χ0) is 18.2. The van der Waals surface area contributed by atoms with Gasteiger partial charge in [-0.05, 0) is 37.6 Å². The number of nitrogens with one attached hydrogen (secondary N) is 1. The topological polar surface area (TPSA) is 58.6 Å². The number of nitrogens with zero attached hydrogens (tertiary/aromatic N) is 1. The maximum Gasteiger partial charge on any atom is 0.254 e. The van der Waals surface area contributed by atoms with Crippen LogP contribution in [0.2, 0.25) is 0 Å². The summed E-state index contributed by atoms with van der Waals surface area (Å²) in [6.45, 7) is 4.77. The van der Waals surface area contributed by atoms with Gasteiger partial charge in [-0.25, -0.2) is 0 Å². The van der Waals surface area contributed by atoms with Crippen LogP contribution in [0.3, 0.4) is 0 Å². The first-order valence-electron chi connectivity index (χ1n) is 8.40. The first kappa shape index (κ1) is 18.5. The molecule has 0 unspecified atom stereocenters. The van der Waals surface area contributed by atoms with Gasteiger partial charge in [0.1, 0.15) is 5.75 Å². The van der Waals surface area contributed by atoms with Gasteiger partial charge in [0.2, 0.25) is 5.91 Å². The molecule has 0 radical (unpaired) electrons. The fourth-order valence-corrected chi connectivity index (χ4v) is 2.62. The fraction of sp³-hybridized carbons (Fsp3) is 0.300. The number of hydrogen-bond acceptors (Lipinski definition) is 3. The fourth-order valence-electron chi connectivity index (χ4n) is 2.62. The minimum atomic E-state index is -0.173. The van der Waals surface area contributed by atoms with E-state index in [4.69, 9.17) is 4.74 Å². The van der Waals surface area contributed by atoms with Gasteiger partial charge in [-0.2, -0.15) is 0 Å². The van der Waals surface area contributed by atoms with E-state index in [9.17, 15) is 9.59 Å². The van der Waals surface area contributed by atoms with Crippen molar-refractivity contribution >= 4 is 11.8 Å². The van der Waals surface area contributed by atoms with E-state index < -0.39 is 0 Å². The molecule has 0 saturated carbocycles. The Morgan fingerprint density at radius 1 is 1.08 bits per heavy atom. The van der Waals surface area contributed by atoms with Crippen LogP contribution < -0.4 is 10.1 Å². The minimum Gasteiger partial charge on any atom is -0.496 e. The smallest absolute Gasteiger partial charge is 0.254 e. The number of carbonyl (C=O) groups is 2. The predicted molar refractivity (Wildman–Crippen MR) is 98.7 cm³/mol. The molecule has 0 aliphatic carbocycles. The Morgan fingerprint density at radius 3 is 2.40 bits per heavy atom. The Morgan fingerprint density at radius 2 is 1.80 bits per heavy atom. The molecule has 2 rings (SSSR count). The number of hydrogen-bond donors (Lipinski definition) is 1. The zero-order valence-electron chi connectivity index (χ0n) is 14.9. The summed E-state index contributed by atoms with van der Waals surface area (Å²) in [4.78, 5) is 26.1. The number of amides is 2. The highest BCUT2D eigenvalue weighted by Gasteiger charge is 2.19. The lowest BCUT2D eigenvalue weighted by Crippen LogP contribution is -2.40. The van der Waals surface area contributed by atoms with E-state index in [1.807, 2.05) is 50.2 Å². The first-order valence-corrected chi connectivity index (χ1v) is 8.40. The van der Waals surface area contributed by atoms with Crippen molar-refractivity contribution in [2.45, 2.75) is 13.8 Å². The third kappa shape index (κ3) is 4.59. The molecule has 2 aromatic carbocycles. The largest absolute Gasteiger partial charge is 0.496 e. The molecule has 0 aromatic heterocycles. The minimum absolute atomic E-state index is 0.0515. The van der Waals surface area contributed by atoms with Crippen molar-refractivity contribution in [3.63, 3.8) is 0 Å². The molecule has 2 aromatic rings. The normalized spacial score (nSPS) is 10.2. The Hall–Kier alpha value is -2.82. The summed E-state index contributed by atoms with van der Waals surface area (Å²) in [5.74, 6) is 0.373. The number of benzene rings is 2. The molecule has 0 fully saturated rings. The van der Waals surface area contributed by atoms with E-state index in [0.717, 1.165) is 11.1 Å². The Labute approximate surface area is 148 Å². The van der Waals surface area contributed by atoms with Crippen LogP contribution in [0.1, 0.15) is 24.2 Å². The van der Waals surface area contributed by atoms with Crippen LogP contribution in [-0.4, -0.2) is 43.5 Å². The molecule has 25 heavy (non-hydrogen) atoms. The van der Waals surface area contributed by atoms with Crippen molar-refractivity contribution in [3.8, 4) is 16.9 Å². The summed E-state index contributed by atoms with van der Waals surface area (Å²) in [7, 11) is 1.61. The Bertz CT molecular complexity index is 729. The third-order valence-corrected chi connectivity index (χ3v) is 3.91. The molecule has 0 spiro atoms. The lowest BCUT2D eigenvalue weighted by atomic mass is 10.0. The molecule has 1 N–H and O–H groups in total. The average molecular weight is 340 g/mol. The van der Waals surface area contributed by atoms with Crippen molar-refractivity contribution in [1.29, 1.82) is 0 Å². The molecule has 0 aliphatic rings. The average Bonchev–Trinajstić information content (AvgIpc) is 2.66. The summed E-state index contributed by atoms with van der Waals surface area (Å²) in [6.07, 6.45) is 0. The number of rotatable bonds is 7. The van der Waals surface area contributed by atoms with Gasteiger partial charge in [-0.3, -0.25) is 9.59 Å². The molecular weight excluding hydrogens is 316 g/mol. The van der Waals surface area contributed by atoms with Crippen LogP contribution in [0.4, 0.5) is 0 Å². The second-order valence-electron chi connectivity index (χ2n) is 5.55. The molecule has 0 bridgehead atoms. The van der Waals surface area contributed by atoms with Crippen LogP contribution in [0.5, 0.6) is 5.75 Å². The number of likely N-dealkylation sites (N-methyl/N-ethyl adjacent to an activating group) is 2. The Kier molecular flexibility index (Phi) is 6.57. The van der Waals surface area contributed by atoms with E-state index in [0.29, 0.717) is 24.4 Å². The van der Waals surface area contributed by atoms with Gasteiger partial charge in [0.05, 0.1) is 13.7 Å². The highest BCUT2D eigenvalue weighted by Crippen LogP contribution is 2.31. The molecule has 0 saturated heterocycles. The van der Waals surface area contributed by atoms with E-state index in [1.165, 1.54) is 4.90 Å². The molecule has 2 amide bonds. The van der Waals surface area contributed by atoms with Crippen molar-refractivity contribution in [2.24, 2.45) is 0 Å². The summed E-state index contributed by atoms with van der Waals surface area (Å²) in [5, 5.41) is 2.72.